The molecular formula is C17H17N3O4. The highest BCUT2D eigenvalue weighted by atomic mass is 16.6. The van der Waals surface area contributed by atoms with Gasteiger partial charge >= 0.3 is 0 Å². The van der Waals surface area contributed by atoms with E-state index in [1.165, 1.54) is 20.3 Å². The topological polar surface area (TPSA) is 93.2 Å². The lowest BCUT2D eigenvalue weighted by Crippen LogP contribution is -2.08. The summed E-state index contributed by atoms with van der Waals surface area (Å²) < 4.78 is 10.5. The van der Waals surface area contributed by atoms with Gasteiger partial charge in [0.05, 0.1) is 31.1 Å². The number of hydrogen-bond donors (Lipinski definition) is 2. The van der Waals surface area contributed by atoms with E-state index in [0.717, 1.165) is 11.4 Å². The molecule has 0 fully saturated rings. The number of aromatic nitrogens is 2. The highest BCUT2D eigenvalue weighted by Gasteiger charge is 2.29. The van der Waals surface area contributed by atoms with Crippen LogP contribution in [0.5, 0.6) is 11.5 Å². The summed E-state index contributed by atoms with van der Waals surface area (Å²) in [4.78, 5) is 17.5. The quantitative estimate of drug-likeness (QED) is 0.535. The van der Waals surface area contributed by atoms with E-state index in [-0.39, 0.29) is 11.6 Å². The smallest absolute Gasteiger partial charge is 0.277 e. The average Bonchev–Trinajstić information content (AvgIpc) is 3.28. The molecule has 0 saturated carbocycles. The van der Waals surface area contributed by atoms with E-state index in [0.29, 0.717) is 17.1 Å². The van der Waals surface area contributed by atoms with Crippen LogP contribution in [0.4, 0.5) is 5.69 Å². The lowest BCUT2D eigenvalue weighted by Gasteiger charge is -2.17. The van der Waals surface area contributed by atoms with Gasteiger partial charge in [-0.3, -0.25) is 10.1 Å². The van der Waals surface area contributed by atoms with Crippen molar-refractivity contribution in [3.8, 4) is 11.5 Å². The van der Waals surface area contributed by atoms with Crippen LogP contribution < -0.4 is 9.47 Å². The van der Waals surface area contributed by atoms with E-state index in [4.69, 9.17) is 9.47 Å². The molecule has 124 valence electrons. The summed E-state index contributed by atoms with van der Waals surface area (Å²) in [6, 6.07) is 10.6. The van der Waals surface area contributed by atoms with Crippen molar-refractivity contribution in [1.29, 1.82) is 0 Å². The monoisotopic (exact) mass is 327 g/mol. The molecule has 0 aliphatic heterocycles. The predicted octanol–water partition coefficient (Wildman–Crippen LogP) is 3.45. The Labute approximate surface area is 138 Å². The van der Waals surface area contributed by atoms with Crippen LogP contribution in [-0.2, 0) is 0 Å². The van der Waals surface area contributed by atoms with Gasteiger partial charge in [-0.05, 0) is 30.3 Å². The summed E-state index contributed by atoms with van der Waals surface area (Å²) in [6.07, 6.45) is 3.58. The van der Waals surface area contributed by atoms with Crippen LogP contribution in [0.1, 0.15) is 22.9 Å². The summed E-state index contributed by atoms with van der Waals surface area (Å²) in [5.41, 5.74) is 2.17. The molecule has 1 aromatic carbocycles. The maximum Gasteiger partial charge on any atom is 0.277 e. The molecule has 7 heteroatoms. The van der Waals surface area contributed by atoms with Crippen molar-refractivity contribution in [2.24, 2.45) is 0 Å². The molecule has 24 heavy (non-hydrogen) atoms. The number of methoxy groups -OCH3 is 2. The number of nitrogens with one attached hydrogen (secondary N) is 2. The summed E-state index contributed by atoms with van der Waals surface area (Å²) in [6.45, 7) is 0. The van der Waals surface area contributed by atoms with Crippen LogP contribution in [0.2, 0.25) is 0 Å². The number of nitrogens with zero attached hydrogens (tertiary/aromatic N) is 1. The Morgan fingerprint density at radius 1 is 1.00 bits per heavy atom. The fraction of sp³-hybridized carbons (Fsp3) is 0.176. The van der Waals surface area contributed by atoms with Gasteiger partial charge in [0.15, 0.2) is 11.5 Å². The maximum absolute atomic E-state index is 11.6. The Kier molecular flexibility index (Phi) is 4.24. The van der Waals surface area contributed by atoms with Gasteiger partial charge in [0, 0.05) is 29.3 Å². The second kappa shape index (κ2) is 6.49. The molecule has 0 saturated heterocycles. The van der Waals surface area contributed by atoms with Crippen LogP contribution in [0, 0.1) is 10.1 Å². The lowest BCUT2D eigenvalue weighted by molar-refractivity contribution is -0.385. The van der Waals surface area contributed by atoms with E-state index in [9.17, 15) is 10.1 Å². The number of ether oxygens (including phenoxy) is 2. The van der Waals surface area contributed by atoms with E-state index in [2.05, 4.69) is 9.97 Å². The molecule has 0 spiro atoms. The summed E-state index contributed by atoms with van der Waals surface area (Å²) in [7, 11) is 2.96. The summed E-state index contributed by atoms with van der Waals surface area (Å²) in [5.74, 6) is 0.418. The van der Waals surface area contributed by atoms with Gasteiger partial charge in [-0.2, -0.15) is 0 Å². The van der Waals surface area contributed by atoms with Crippen molar-refractivity contribution >= 4 is 5.69 Å². The van der Waals surface area contributed by atoms with Crippen molar-refractivity contribution in [1.82, 2.24) is 9.97 Å². The molecule has 0 radical (unpaired) electrons. The lowest BCUT2D eigenvalue weighted by atomic mass is 9.91. The number of hydrogen-bond acceptors (Lipinski definition) is 4. The van der Waals surface area contributed by atoms with Crippen LogP contribution >= 0.6 is 0 Å². The minimum Gasteiger partial charge on any atom is -0.493 e. The minimum absolute atomic E-state index is 0.0261. The molecule has 0 aliphatic rings. The second-order valence-corrected chi connectivity index (χ2v) is 5.21. The summed E-state index contributed by atoms with van der Waals surface area (Å²) >= 11 is 0. The van der Waals surface area contributed by atoms with Gasteiger partial charge in [-0.25, -0.2) is 0 Å². The molecule has 0 atom stereocenters. The van der Waals surface area contributed by atoms with Gasteiger partial charge in [0.25, 0.3) is 5.69 Å². The first kappa shape index (κ1) is 15.7. The molecular weight excluding hydrogens is 310 g/mol. The number of nitro benzene ring substituents is 1. The first-order valence-corrected chi connectivity index (χ1v) is 7.32. The molecule has 2 heterocycles. The van der Waals surface area contributed by atoms with Gasteiger partial charge in [-0.1, -0.05) is 0 Å². The van der Waals surface area contributed by atoms with Crippen LogP contribution in [0.15, 0.2) is 48.8 Å². The number of H-pyrrole nitrogens is 2. The highest BCUT2D eigenvalue weighted by Crippen LogP contribution is 2.42. The van der Waals surface area contributed by atoms with Gasteiger partial charge in [0.2, 0.25) is 0 Å². The Morgan fingerprint density at radius 2 is 1.54 bits per heavy atom. The Bertz CT molecular complexity index is 792. The Hall–Kier alpha value is -3.22. The average molecular weight is 327 g/mol. The normalized spacial score (nSPS) is 10.8. The molecule has 0 unspecified atom stereocenters. The predicted molar refractivity (Wildman–Crippen MR) is 88.7 cm³/mol. The first-order chi connectivity index (χ1) is 11.7. The van der Waals surface area contributed by atoms with Gasteiger partial charge in [-0.15, -0.1) is 0 Å². The molecule has 3 rings (SSSR count). The zero-order chi connectivity index (χ0) is 17.1. The second-order valence-electron chi connectivity index (χ2n) is 5.21. The number of rotatable bonds is 6. The third-order valence-electron chi connectivity index (χ3n) is 3.91. The third kappa shape index (κ3) is 2.71. The minimum atomic E-state index is -0.407. The van der Waals surface area contributed by atoms with E-state index < -0.39 is 4.92 Å². The molecule has 0 amide bonds. The Morgan fingerprint density at radius 3 is 1.96 bits per heavy atom. The molecule has 0 bridgehead atoms. The van der Waals surface area contributed by atoms with Crippen LogP contribution in [0.3, 0.4) is 0 Å². The van der Waals surface area contributed by atoms with Gasteiger partial charge < -0.3 is 19.4 Å². The number of benzene rings is 1. The van der Waals surface area contributed by atoms with Crippen LogP contribution in [0.25, 0.3) is 0 Å². The molecule has 0 aliphatic carbocycles. The van der Waals surface area contributed by atoms with E-state index in [1.807, 2.05) is 24.3 Å². The number of nitro groups is 1. The highest BCUT2D eigenvalue weighted by molar-refractivity contribution is 5.58. The zero-order valence-corrected chi connectivity index (χ0v) is 13.3. The van der Waals surface area contributed by atoms with E-state index >= 15 is 0 Å². The SMILES string of the molecule is COc1cc(C(c2ccc[nH]2)c2ccc[nH]2)c([N+](=O)[O-])cc1OC. The third-order valence-corrected chi connectivity index (χ3v) is 3.91. The van der Waals surface area contributed by atoms with Crippen LogP contribution in [-0.4, -0.2) is 29.1 Å². The van der Waals surface area contributed by atoms with Crippen molar-refractivity contribution in [2.45, 2.75) is 5.92 Å². The van der Waals surface area contributed by atoms with Crippen molar-refractivity contribution in [3.63, 3.8) is 0 Å². The molecule has 2 aromatic heterocycles. The van der Waals surface area contributed by atoms with Gasteiger partial charge in [0.1, 0.15) is 0 Å². The zero-order valence-electron chi connectivity index (χ0n) is 13.3. The fourth-order valence-electron chi connectivity index (χ4n) is 2.82. The largest absolute Gasteiger partial charge is 0.493 e. The Balaban J connectivity index is 2.25. The molecule has 7 nitrogen and oxygen atoms in total. The fourth-order valence-corrected chi connectivity index (χ4v) is 2.82. The maximum atomic E-state index is 11.6. The van der Waals surface area contributed by atoms with E-state index in [1.54, 1.807) is 18.5 Å². The van der Waals surface area contributed by atoms with Crippen molar-refractivity contribution in [2.75, 3.05) is 14.2 Å². The molecule has 3 aromatic rings. The number of aromatic amines is 2. The first-order valence-electron chi connectivity index (χ1n) is 7.32. The summed E-state index contributed by atoms with van der Waals surface area (Å²) in [5, 5.41) is 11.6. The molecule has 2 N–H and O–H groups in total. The standard InChI is InChI=1S/C17H17N3O4/c1-23-15-9-11(14(20(21)22)10-16(15)24-2)17(12-5-3-7-18-12)13-6-4-8-19-13/h3-10,17-19H,1-2H3. The van der Waals surface area contributed by atoms with Crippen molar-refractivity contribution < 1.29 is 14.4 Å². The van der Waals surface area contributed by atoms with Crippen molar-refractivity contribution in [3.05, 3.63) is 75.9 Å².